The maximum absolute atomic E-state index is 11.5. The van der Waals surface area contributed by atoms with Gasteiger partial charge in [-0.2, -0.15) is 0 Å². The number of H-pyrrole nitrogens is 2. The van der Waals surface area contributed by atoms with Gasteiger partial charge in [0.2, 0.25) is 12.7 Å². The fraction of sp³-hybridized carbons (Fsp3) is 0.429. The summed E-state index contributed by atoms with van der Waals surface area (Å²) in [6, 6.07) is 0. The van der Waals surface area contributed by atoms with E-state index < -0.39 is 12.6 Å². The molecule has 0 spiro atoms. The van der Waals surface area contributed by atoms with Crippen molar-refractivity contribution in [1.82, 2.24) is 9.97 Å². The van der Waals surface area contributed by atoms with Crippen molar-refractivity contribution >= 4 is 31.9 Å². The highest BCUT2D eigenvalue weighted by atomic mass is 32.1. The molecule has 0 aromatic carbocycles. The summed E-state index contributed by atoms with van der Waals surface area (Å²) >= 11 is 4.82. The van der Waals surface area contributed by atoms with Crippen molar-refractivity contribution < 1.29 is 10.0 Å². The third-order valence-corrected chi connectivity index (χ3v) is 2.08. The second-order valence-corrected chi connectivity index (χ2v) is 3.54. The molecular formula is C7H11B2N2O3S. The van der Waals surface area contributed by atoms with Crippen LogP contribution in [0.1, 0.15) is 19.0 Å². The fourth-order valence-corrected chi connectivity index (χ4v) is 1.53. The van der Waals surface area contributed by atoms with Crippen LogP contribution in [0.4, 0.5) is 0 Å². The Morgan fingerprint density at radius 2 is 2.13 bits per heavy atom. The van der Waals surface area contributed by atoms with Gasteiger partial charge in [0, 0.05) is 5.69 Å². The number of aromatic nitrogens is 2. The third kappa shape index (κ3) is 3.33. The smallest absolute Gasteiger partial charge is 0.399 e. The predicted octanol–water partition coefficient (Wildman–Crippen LogP) is -1.32. The van der Waals surface area contributed by atoms with Gasteiger partial charge >= 0.3 is 7.01 Å². The molecule has 0 saturated heterocycles. The molecule has 1 heterocycles. The van der Waals surface area contributed by atoms with Crippen molar-refractivity contribution in [2.45, 2.75) is 19.8 Å². The first-order valence-corrected chi connectivity index (χ1v) is 5.02. The first kappa shape index (κ1) is 12.2. The van der Waals surface area contributed by atoms with Crippen LogP contribution in [0, 0.1) is 4.77 Å². The van der Waals surface area contributed by atoms with Crippen molar-refractivity contribution in [2.75, 3.05) is 0 Å². The molecule has 0 saturated carbocycles. The highest BCUT2D eigenvalue weighted by Crippen LogP contribution is 1.92. The third-order valence-electron chi connectivity index (χ3n) is 1.88. The number of nitrogens with one attached hydrogen (secondary N) is 2. The second kappa shape index (κ2) is 5.29. The second-order valence-electron chi connectivity index (χ2n) is 3.13. The van der Waals surface area contributed by atoms with E-state index in [2.05, 4.69) is 9.97 Å². The summed E-state index contributed by atoms with van der Waals surface area (Å²) in [4.78, 5) is 16.7. The van der Waals surface area contributed by atoms with E-state index in [-0.39, 0.29) is 10.2 Å². The molecule has 4 N–H and O–H groups in total. The largest absolute Gasteiger partial charge is 0.434 e. The monoisotopic (exact) mass is 225 g/mol. The van der Waals surface area contributed by atoms with Crippen molar-refractivity contribution in [2.24, 2.45) is 0 Å². The zero-order valence-corrected chi connectivity index (χ0v) is 9.10. The van der Waals surface area contributed by atoms with Crippen LogP contribution in [0.3, 0.4) is 0 Å². The minimum absolute atomic E-state index is 0.237. The normalized spacial score (nSPS) is 10.1. The number of hydrogen-bond acceptors (Lipinski definition) is 4. The summed E-state index contributed by atoms with van der Waals surface area (Å²) in [6.45, 7) is 1.96. The Morgan fingerprint density at radius 1 is 1.47 bits per heavy atom. The van der Waals surface area contributed by atoms with E-state index in [1.54, 1.807) is 0 Å². The van der Waals surface area contributed by atoms with E-state index in [1.807, 2.05) is 6.92 Å². The molecule has 79 valence electrons. The lowest BCUT2D eigenvalue weighted by Crippen LogP contribution is -2.45. The van der Waals surface area contributed by atoms with Crippen molar-refractivity contribution in [1.29, 1.82) is 0 Å². The number of rotatable bonds is 4. The molecule has 1 aromatic heterocycles. The molecular weight excluding hydrogens is 214 g/mol. The topological polar surface area (TPSA) is 89.1 Å². The van der Waals surface area contributed by atoms with E-state index in [0.717, 1.165) is 13.6 Å². The first-order chi connectivity index (χ1) is 7.04. The van der Waals surface area contributed by atoms with Crippen LogP contribution in [0.2, 0.25) is 0 Å². The maximum atomic E-state index is 11.5. The Bertz CT molecular complexity index is 443. The van der Waals surface area contributed by atoms with Gasteiger partial charge in [0.05, 0.1) is 0 Å². The summed E-state index contributed by atoms with van der Waals surface area (Å²) in [7, 11) is -0.569. The van der Waals surface area contributed by atoms with E-state index >= 15 is 0 Å². The van der Waals surface area contributed by atoms with Crippen LogP contribution >= 0.6 is 12.2 Å². The van der Waals surface area contributed by atoms with Crippen molar-refractivity contribution in [3.8, 4) is 0 Å². The molecule has 0 unspecified atom stereocenters. The highest BCUT2D eigenvalue weighted by molar-refractivity contribution is 7.71. The predicted molar refractivity (Wildman–Crippen MR) is 61.8 cm³/mol. The van der Waals surface area contributed by atoms with Gasteiger partial charge in [-0.3, -0.25) is 9.78 Å². The molecule has 1 radical (unpaired) electrons. The van der Waals surface area contributed by atoms with E-state index in [4.69, 9.17) is 22.3 Å². The molecule has 0 bridgehead atoms. The van der Waals surface area contributed by atoms with Crippen LogP contribution in [0.5, 0.6) is 0 Å². The number of hydrogen-bond donors (Lipinski definition) is 4. The lowest BCUT2D eigenvalue weighted by atomic mass is 9.40. The Kier molecular flexibility index (Phi) is 4.31. The van der Waals surface area contributed by atoms with Crippen LogP contribution in [0.25, 0.3) is 0 Å². The van der Waals surface area contributed by atoms with Crippen LogP contribution in [-0.2, 0) is 6.42 Å². The van der Waals surface area contributed by atoms with Crippen LogP contribution in [0.15, 0.2) is 4.79 Å². The van der Waals surface area contributed by atoms with Gasteiger partial charge < -0.3 is 15.0 Å². The average molecular weight is 225 g/mol. The standard InChI is InChI=1S/C7H11B2N2O3S/c1-2-3-4-5(8-9(13)14)6(12)11-7(15)10-4/h13-14H,2-3H2,1H3,(H2,10,11,12,15). The van der Waals surface area contributed by atoms with E-state index in [0.29, 0.717) is 12.1 Å². The minimum Gasteiger partial charge on any atom is -0.434 e. The summed E-state index contributed by atoms with van der Waals surface area (Å²) in [6.07, 6.45) is 1.46. The lowest BCUT2D eigenvalue weighted by Gasteiger charge is -2.06. The molecule has 0 amide bonds. The zero-order chi connectivity index (χ0) is 11.4. The van der Waals surface area contributed by atoms with E-state index in [9.17, 15) is 4.79 Å². The Balaban J connectivity index is 3.20. The summed E-state index contributed by atoms with van der Waals surface area (Å²) in [5, 5.41) is 17.6. The van der Waals surface area contributed by atoms with Gasteiger partial charge in [-0.1, -0.05) is 13.3 Å². The van der Waals surface area contributed by atoms with E-state index in [1.165, 1.54) is 0 Å². The average Bonchev–Trinajstić information content (AvgIpc) is 2.11. The molecule has 15 heavy (non-hydrogen) atoms. The molecule has 0 aliphatic rings. The summed E-state index contributed by atoms with van der Waals surface area (Å²) < 4.78 is 0.244. The molecule has 0 fully saturated rings. The molecule has 5 nitrogen and oxygen atoms in total. The molecule has 1 rings (SSSR count). The highest BCUT2D eigenvalue weighted by Gasteiger charge is 2.16. The lowest BCUT2D eigenvalue weighted by molar-refractivity contribution is 0.434. The molecule has 1 aromatic rings. The minimum atomic E-state index is -1.65. The first-order valence-electron chi connectivity index (χ1n) is 4.61. The molecule has 0 aliphatic carbocycles. The summed E-state index contributed by atoms with van der Waals surface area (Å²) in [5.41, 5.74) is 0.454. The van der Waals surface area contributed by atoms with Crippen molar-refractivity contribution in [3.63, 3.8) is 0 Å². The van der Waals surface area contributed by atoms with Crippen LogP contribution in [-0.4, -0.2) is 34.2 Å². The molecule has 8 heteroatoms. The van der Waals surface area contributed by atoms with Gasteiger partial charge in [-0.15, -0.1) is 0 Å². The Morgan fingerprint density at radius 3 is 2.67 bits per heavy atom. The van der Waals surface area contributed by atoms with Gasteiger partial charge in [0.15, 0.2) is 4.77 Å². The van der Waals surface area contributed by atoms with Gasteiger partial charge in [-0.25, -0.2) is 0 Å². The molecule has 0 atom stereocenters. The number of aromatic amines is 2. The van der Waals surface area contributed by atoms with Crippen molar-refractivity contribution in [3.05, 3.63) is 20.8 Å². The summed E-state index contributed by atoms with van der Waals surface area (Å²) in [5.74, 6) is 0. The maximum Gasteiger partial charge on any atom is 0.399 e. The quantitative estimate of drug-likeness (QED) is 0.378. The van der Waals surface area contributed by atoms with Gasteiger partial charge in [-0.05, 0) is 24.1 Å². The fourth-order valence-electron chi connectivity index (χ4n) is 1.32. The SMILES string of the molecule is CCCc1[nH]c(=S)[nH]c(=O)c1[B]B(O)O. The number of aryl methyl sites for hydroxylation is 1. The molecule has 0 aliphatic heterocycles. The zero-order valence-electron chi connectivity index (χ0n) is 8.28. The Hall–Kier alpha value is -0.850. The van der Waals surface area contributed by atoms with Gasteiger partial charge in [0.25, 0.3) is 0 Å². The Labute approximate surface area is 92.9 Å². The van der Waals surface area contributed by atoms with Crippen LogP contribution < -0.4 is 11.0 Å². The van der Waals surface area contributed by atoms with Gasteiger partial charge in [0.1, 0.15) is 0 Å².